The summed E-state index contributed by atoms with van der Waals surface area (Å²) < 4.78 is 10.2. The third kappa shape index (κ3) is 8.81. The van der Waals surface area contributed by atoms with Crippen LogP contribution in [0.15, 0.2) is 65.3 Å². The van der Waals surface area contributed by atoms with Crippen molar-refractivity contribution in [1.82, 2.24) is 10.4 Å². The van der Waals surface area contributed by atoms with E-state index in [1.54, 1.807) is 6.26 Å². The minimum Gasteiger partial charge on any atom is -0.468 e. The Morgan fingerprint density at radius 3 is 2.54 bits per heavy atom. The van der Waals surface area contributed by atoms with Gasteiger partial charge in [-0.3, -0.25) is 9.59 Å². The zero-order valence-electron chi connectivity index (χ0n) is 21.9. The number of carbonyl (C=O) groups is 3. The van der Waals surface area contributed by atoms with E-state index >= 15 is 0 Å². The minimum absolute atomic E-state index is 0.142. The SMILES string of the molecule is COC(=O)NN(C(=O)[C@@H](CC(C)C)C1CC=CCC1)[C@@H](Cc1ccccc1)C(=O)CSCc1ccco1. The van der Waals surface area contributed by atoms with E-state index in [9.17, 15) is 14.4 Å². The molecule has 0 aliphatic heterocycles. The average Bonchev–Trinajstić information content (AvgIpc) is 3.43. The van der Waals surface area contributed by atoms with Crippen LogP contribution < -0.4 is 5.43 Å². The van der Waals surface area contributed by atoms with Crippen molar-refractivity contribution in [1.29, 1.82) is 0 Å². The number of benzene rings is 1. The molecule has 0 saturated carbocycles. The molecule has 1 aromatic carbocycles. The molecule has 1 aromatic heterocycles. The van der Waals surface area contributed by atoms with Crippen LogP contribution in [0.25, 0.3) is 0 Å². The number of nitrogens with one attached hydrogen (secondary N) is 1. The third-order valence-electron chi connectivity index (χ3n) is 6.58. The number of thioether (sulfide) groups is 1. The molecule has 1 aliphatic carbocycles. The fourth-order valence-corrected chi connectivity index (χ4v) is 5.59. The van der Waals surface area contributed by atoms with E-state index in [1.165, 1.54) is 23.9 Å². The number of rotatable bonds is 12. The van der Waals surface area contributed by atoms with Crippen molar-refractivity contribution >= 4 is 29.5 Å². The molecule has 0 bridgehead atoms. The lowest BCUT2D eigenvalue weighted by Gasteiger charge is -2.36. The molecule has 0 radical (unpaired) electrons. The fraction of sp³-hybridized carbons (Fsp3) is 0.483. The van der Waals surface area contributed by atoms with Gasteiger partial charge in [0.05, 0.1) is 24.9 Å². The molecule has 2 amide bonds. The molecular weight excluding hydrogens is 488 g/mol. The van der Waals surface area contributed by atoms with Gasteiger partial charge in [0, 0.05) is 12.3 Å². The van der Waals surface area contributed by atoms with E-state index in [0.717, 1.165) is 30.6 Å². The number of ketones is 1. The number of hydrogen-bond donors (Lipinski definition) is 1. The van der Waals surface area contributed by atoms with Crippen LogP contribution in [-0.2, 0) is 26.5 Å². The van der Waals surface area contributed by atoms with E-state index < -0.39 is 12.1 Å². The fourth-order valence-electron chi connectivity index (χ4n) is 4.72. The topological polar surface area (TPSA) is 88.9 Å². The first-order valence-corrected chi connectivity index (χ1v) is 14.0. The number of methoxy groups -OCH3 is 1. The summed E-state index contributed by atoms with van der Waals surface area (Å²) >= 11 is 1.42. The quantitative estimate of drug-likeness (QED) is 0.277. The number of carbonyl (C=O) groups excluding carboxylic acids is 3. The van der Waals surface area contributed by atoms with E-state index in [0.29, 0.717) is 12.2 Å². The van der Waals surface area contributed by atoms with Gasteiger partial charge in [-0.05, 0) is 55.2 Å². The highest BCUT2D eigenvalue weighted by Gasteiger charge is 2.38. The van der Waals surface area contributed by atoms with Gasteiger partial charge in [-0.15, -0.1) is 11.8 Å². The van der Waals surface area contributed by atoms with Crippen LogP contribution in [0.2, 0.25) is 0 Å². The van der Waals surface area contributed by atoms with E-state index in [4.69, 9.17) is 9.15 Å². The summed E-state index contributed by atoms with van der Waals surface area (Å²) in [6.45, 7) is 4.18. The van der Waals surface area contributed by atoms with Gasteiger partial charge in [-0.1, -0.05) is 56.3 Å². The first-order valence-electron chi connectivity index (χ1n) is 12.9. The highest BCUT2D eigenvalue weighted by Crippen LogP contribution is 2.32. The number of furan rings is 1. The number of allylic oxidation sites excluding steroid dienone is 2. The van der Waals surface area contributed by atoms with Crippen molar-refractivity contribution in [3.63, 3.8) is 0 Å². The molecule has 1 unspecified atom stereocenters. The second-order valence-electron chi connectivity index (χ2n) is 9.84. The number of Topliss-reactive ketones (excluding diaryl/α,β-unsaturated/α-hetero) is 1. The molecule has 1 aliphatic rings. The third-order valence-corrected chi connectivity index (χ3v) is 7.56. The minimum atomic E-state index is -0.869. The zero-order chi connectivity index (χ0) is 26.6. The summed E-state index contributed by atoms with van der Waals surface area (Å²) in [5, 5.41) is 1.26. The Hall–Kier alpha value is -3.00. The van der Waals surface area contributed by atoms with E-state index in [-0.39, 0.29) is 41.6 Å². The van der Waals surface area contributed by atoms with Gasteiger partial charge in [-0.2, -0.15) is 0 Å². The monoisotopic (exact) mass is 526 g/mol. The molecule has 3 rings (SSSR count). The summed E-state index contributed by atoms with van der Waals surface area (Å²) in [5.41, 5.74) is 3.53. The van der Waals surface area contributed by atoms with Gasteiger partial charge in [0.1, 0.15) is 11.8 Å². The molecule has 37 heavy (non-hydrogen) atoms. The second kappa shape index (κ2) is 14.7. The maximum Gasteiger partial charge on any atom is 0.425 e. The zero-order valence-corrected chi connectivity index (χ0v) is 22.7. The predicted molar refractivity (Wildman–Crippen MR) is 146 cm³/mol. The lowest BCUT2D eigenvalue weighted by Crippen LogP contribution is -2.58. The molecule has 1 heterocycles. The van der Waals surface area contributed by atoms with Gasteiger partial charge < -0.3 is 9.15 Å². The summed E-state index contributed by atoms with van der Waals surface area (Å²) in [6, 6.07) is 12.4. The van der Waals surface area contributed by atoms with Gasteiger partial charge in [-0.25, -0.2) is 15.2 Å². The van der Waals surface area contributed by atoms with Crippen LogP contribution in [0.1, 0.15) is 50.9 Å². The van der Waals surface area contributed by atoms with Crippen molar-refractivity contribution in [3.05, 3.63) is 72.2 Å². The van der Waals surface area contributed by atoms with Gasteiger partial charge in [0.2, 0.25) is 5.91 Å². The first kappa shape index (κ1) is 28.6. The maximum absolute atomic E-state index is 14.2. The summed E-state index contributed by atoms with van der Waals surface area (Å²) in [6.07, 6.45) is 8.72. The Balaban J connectivity index is 1.90. The maximum atomic E-state index is 14.2. The molecular formula is C29H38N2O5S. The van der Waals surface area contributed by atoms with Gasteiger partial charge in [0.25, 0.3) is 0 Å². The van der Waals surface area contributed by atoms with Crippen molar-refractivity contribution in [2.75, 3.05) is 12.9 Å². The lowest BCUT2D eigenvalue weighted by molar-refractivity contribution is -0.148. The lowest BCUT2D eigenvalue weighted by atomic mass is 9.78. The molecule has 0 fully saturated rings. The molecule has 1 N–H and O–H groups in total. The number of ether oxygens (including phenoxy) is 1. The molecule has 7 nitrogen and oxygen atoms in total. The highest BCUT2D eigenvalue weighted by molar-refractivity contribution is 7.99. The molecule has 200 valence electrons. The van der Waals surface area contributed by atoms with Gasteiger partial charge >= 0.3 is 6.09 Å². The Labute approximate surface area is 224 Å². The van der Waals surface area contributed by atoms with Crippen LogP contribution in [0.3, 0.4) is 0 Å². The van der Waals surface area contributed by atoms with Crippen LogP contribution >= 0.6 is 11.8 Å². The largest absolute Gasteiger partial charge is 0.468 e. The summed E-state index contributed by atoms with van der Waals surface area (Å²) in [7, 11) is 1.25. The normalized spacial score (nSPS) is 16.7. The van der Waals surface area contributed by atoms with Crippen LogP contribution in [0.5, 0.6) is 0 Å². The van der Waals surface area contributed by atoms with Crippen molar-refractivity contribution in [2.24, 2.45) is 17.8 Å². The first-order chi connectivity index (χ1) is 17.9. The number of hydrogen-bond acceptors (Lipinski definition) is 6. The smallest absolute Gasteiger partial charge is 0.425 e. The van der Waals surface area contributed by atoms with Crippen molar-refractivity contribution < 1.29 is 23.5 Å². The van der Waals surface area contributed by atoms with E-state index in [2.05, 4.69) is 31.4 Å². The Bertz CT molecular complexity index is 1020. The molecule has 2 aromatic rings. The second-order valence-corrected chi connectivity index (χ2v) is 10.8. The summed E-state index contributed by atoms with van der Waals surface area (Å²) in [5.74, 6) is 1.24. The molecule has 0 spiro atoms. The molecule has 3 atom stereocenters. The highest BCUT2D eigenvalue weighted by atomic mass is 32.2. The number of amides is 2. The number of hydrazine groups is 1. The van der Waals surface area contributed by atoms with Gasteiger partial charge in [0.15, 0.2) is 5.78 Å². The van der Waals surface area contributed by atoms with Crippen molar-refractivity contribution in [2.45, 2.75) is 57.7 Å². The Morgan fingerprint density at radius 2 is 1.92 bits per heavy atom. The van der Waals surface area contributed by atoms with Crippen LogP contribution in [-0.4, -0.2) is 41.7 Å². The standard InChI is InChI=1S/C29H38N2O5S/c1-21(2)17-25(23-13-8-5-9-14-23)28(33)31(30-29(34)35-3)26(18-22-11-6-4-7-12-22)27(32)20-37-19-24-15-10-16-36-24/h4-8,10-12,15-16,21,23,25-26H,9,13-14,17-20H2,1-3H3,(H,30,34)/t23?,25-,26-/m0/s1. The molecule has 0 saturated heterocycles. The molecule has 8 heteroatoms. The Kier molecular flexibility index (Phi) is 11.3. The predicted octanol–water partition coefficient (Wildman–Crippen LogP) is 5.81. The van der Waals surface area contributed by atoms with Crippen LogP contribution in [0, 0.1) is 17.8 Å². The average molecular weight is 527 g/mol. The van der Waals surface area contributed by atoms with E-state index in [1.807, 2.05) is 42.5 Å². The van der Waals surface area contributed by atoms with Crippen molar-refractivity contribution in [3.8, 4) is 0 Å². The Morgan fingerprint density at radius 1 is 1.14 bits per heavy atom. The number of nitrogens with zero attached hydrogens (tertiary/aromatic N) is 1. The van der Waals surface area contributed by atoms with Crippen LogP contribution in [0.4, 0.5) is 4.79 Å². The summed E-state index contributed by atoms with van der Waals surface area (Å²) in [4.78, 5) is 40.3.